The first-order chi connectivity index (χ1) is 12.1. The largest absolute Gasteiger partial charge is 0.371 e. The molecule has 0 aliphatic carbocycles. The molecule has 0 N–H and O–H groups in total. The summed E-state index contributed by atoms with van der Waals surface area (Å²) in [6.45, 7) is 3.47. The van der Waals surface area contributed by atoms with Crippen LogP contribution >= 0.6 is 0 Å². The minimum absolute atomic E-state index is 0.0290. The van der Waals surface area contributed by atoms with Crippen LogP contribution in [-0.4, -0.2) is 51.7 Å². The molecule has 130 valence electrons. The van der Waals surface area contributed by atoms with E-state index in [0.29, 0.717) is 11.8 Å². The van der Waals surface area contributed by atoms with E-state index in [1.165, 1.54) is 22.8 Å². The zero-order valence-corrected chi connectivity index (χ0v) is 13.7. The zero-order valence-electron chi connectivity index (χ0n) is 13.7. The summed E-state index contributed by atoms with van der Waals surface area (Å²) in [5.74, 6) is 0.936. The summed E-state index contributed by atoms with van der Waals surface area (Å²) in [6, 6.07) is 10.3. The molecule has 1 aromatic heterocycles. The molecule has 3 heterocycles. The molecule has 0 radical (unpaired) electrons. The standard InChI is InChI=1S/C17H19N5O3/c23-17(12-21-11-16(6-18-21)22(24)25)20-9-13-7-19(8-14(13)10-20)15-4-2-1-3-5-15/h1-6,11,13-14H,7-10,12H2/t13-,14-/m0/s1. The van der Waals surface area contributed by atoms with Crippen molar-refractivity contribution < 1.29 is 9.72 Å². The van der Waals surface area contributed by atoms with Gasteiger partial charge in [-0.1, -0.05) is 18.2 Å². The van der Waals surface area contributed by atoms with Gasteiger partial charge in [0.2, 0.25) is 5.91 Å². The van der Waals surface area contributed by atoms with E-state index in [4.69, 9.17) is 0 Å². The van der Waals surface area contributed by atoms with Gasteiger partial charge in [-0.2, -0.15) is 5.10 Å². The molecule has 1 amide bonds. The van der Waals surface area contributed by atoms with Crippen molar-refractivity contribution in [3.8, 4) is 0 Å². The Morgan fingerprint density at radius 3 is 2.44 bits per heavy atom. The van der Waals surface area contributed by atoms with Crippen LogP contribution in [0, 0.1) is 22.0 Å². The van der Waals surface area contributed by atoms with Crippen LogP contribution in [0.1, 0.15) is 0 Å². The van der Waals surface area contributed by atoms with Crippen LogP contribution in [-0.2, 0) is 11.3 Å². The Bertz CT molecular complexity index is 777. The van der Waals surface area contributed by atoms with E-state index in [2.05, 4.69) is 22.1 Å². The average Bonchev–Trinajstić information content (AvgIpc) is 3.29. The second-order valence-electron chi connectivity index (χ2n) is 6.71. The molecule has 2 saturated heterocycles. The quantitative estimate of drug-likeness (QED) is 0.620. The van der Waals surface area contributed by atoms with Gasteiger partial charge < -0.3 is 9.80 Å². The fourth-order valence-electron chi connectivity index (χ4n) is 3.82. The molecule has 0 saturated carbocycles. The molecule has 8 nitrogen and oxygen atoms in total. The third-order valence-electron chi connectivity index (χ3n) is 5.09. The van der Waals surface area contributed by atoms with E-state index in [9.17, 15) is 14.9 Å². The summed E-state index contributed by atoms with van der Waals surface area (Å²) in [5, 5.41) is 14.6. The van der Waals surface area contributed by atoms with Crippen molar-refractivity contribution in [1.29, 1.82) is 0 Å². The molecule has 2 aromatic rings. The fourth-order valence-corrected chi connectivity index (χ4v) is 3.82. The number of aromatic nitrogens is 2. The van der Waals surface area contributed by atoms with Crippen LogP contribution in [0.5, 0.6) is 0 Å². The monoisotopic (exact) mass is 341 g/mol. The number of carbonyl (C=O) groups excluding carboxylic acids is 1. The van der Waals surface area contributed by atoms with E-state index < -0.39 is 4.92 Å². The molecule has 2 aliphatic heterocycles. The number of carbonyl (C=O) groups is 1. The van der Waals surface area contributed by atoms with Crippen molar-refractivity contribution in [1.82, 2.24) is 14.7 Å². The summed E-state index contributed by atoms with van der Waals surface area (Å²) >= 11 is 0. The van der Waals surface area contributed by atoms with Crippen LogP contribution in [0.25, 0.3) is 0 Å². The fraction of sp³-hybridized carbons (Fsp3) is 0.412. The number of likely N-dealkylation sites (tertiary alicyclic amines) is 1. The van der Waals surface area contributed by atoms with Crippen molar-refractivity contribution >= 4 is 17.3 Å². The van der Waals surface area contributed by atoms with Gasteiger partial charge in [0.1, 0.15) is 18.9 Å². The van der Waals surface area contributed by atoms with Crippen LogP contribution < -0.4 is 4.90 Å². The van der Waals surface area contributed by atoms with Gasteiger partial charge in [-0.05, 0) is 12.1 Å². The lowest BCUT2D eigenvalue weighted by Crippen LogP contribution is -2.35. The number of fused-ring (bicyclic) bond motifs is 1. The number of amides is 1. The first-order valence-electron chi connectivity index (χ1n) is 8.35. The number of rotatable bonds is 4. The molecule has 1 aromatic carbocycles. The second kappa shape index (κ2) is 6.19. The third kappa shape index (κ3) is 3.07. The molecule has 2 fully saturated rings. The molecule has 2 aliphatic rings. The normalized spacial score (nSPS) is 22.2. The van der Waals surface area contributed by atoms with Gasteiger partial charge in [-0.25, -0.2) is 0 Å². The summed E-state index contributed by atoms with van der Waals surface area (Å²) in [5.41, 5.74) is 1.14. The molecule has 8 heteroatoms. The molecule has 0 bridgehead atoms. The van der Waals surface area contributed by atoms with E-state index in [1.807, 2.05) is 23.1 Å². The lowest BCUT2D eigenvalue weighted by atomic mass is 10.0. The number of hydrogen-bond acceptors (Lipinski definition) is 5. The maximum Gasteiger partial charge on any atom is 0.307 e. The molecule has 0 unspecified atom stereocenters. The van der Waals surface area contributed by atoms with Crippen LogP contribution in [0.15, 0.2) is 42.7 Å². The lowest BCUT2D eigenvalue weighted by Gasteiger charge is -2.23. The molecule has 2 atom stereocenters. The highest BCUT2D eigenvalue weighted by molar-refractivity contribution is 5.76. The summed E-state index contributed by atoms with van der Waals surface area (Å²) in [4.78, 5) is 26.9. The van der Waals surface area contributed by atoms with Gasteiger partial charge in [0, 0.05) is 43.7 Å². The minimum atomic E-state index is -0.508. The van der Waals surface area contributed by atoms with Crippen LogP contribution in [0.2, 0.25) is 0 Å². The van der Waals surface area contributed by atoms with Crippen molar-refractivity contribution in [2.75, 3.05) is 31.1 Å². The second-order valence-corrected chi connectivity index (χ2v) is 6.71. The number of nitrogens with zero attached hydrogens (tertiary/aromatic N) is 5. The van der Waals surface area contributed by atoms with Crippen LogP contribution in [0.3, 0.4) is 0 Å². The van der Waals surface area contributed by atoms with Gasteiger partial charge in [0.25, 0.3) is 0 Å². The highest BCUT2D eigenvalue weighted by Gasteiger charge is 2.41. The highest BCUT2D eigenvalue weighted by Crippen LogP contribution is 2.33. The Hall–Kier alpha value is -2.90. The topological polar surface area (TPSA) is 84.5 Å². The molecular weight excluding hydrogens is 322 g/mol. The molecular formula is C17H19N5O3. The first kappa shape index (κ1) is 15.6. The molecule has 25 heavy (non-hydrogen) atoms. The van der Waals surface area contributed by atoms with Gasteiger partial charge >= 0.3 is 5.69 Å². The van der Waals surface area contributed by atoms with Gasteiger partial charge in [-0.3, -0.25) is 19.6 Å². The number of hydrogen-bond donors (Lipinski definition) is 0. The number of benzene rings is 1. The van der Waals surface area contributed by atoms with Crippen molar-refractivity contribution in [3.63, 3.8) is 0 Å². The SMILES string of the molecule is O=C(Cn1cc([N+](=O)[O-])cn1)N1C[C@@H]2CN(c3ccccc3)C[C@H]2C1. The molecule has 4 rings (SSSR count). The summed E-state index contributed by atoms with van der Waals surface area (Å²) < 4.78 is 1.34. The van der Waals surface area contributed by atoms with Crippen LogP contribution in [0.4, 0.5) is 11.4 Å². The zero-order chi connectivity index (χ0) is 17.4. The van der Waals surface area contributed by atoms with Crippen molar-refractivity contribution in [2.45, 2.75) is 6.54 Å². The predicted octanol–water partition coefficient (Wildman–Crippen LogP) is 1.39. The predicted molar refractivity (Wildman–Crippen MR) is 91.1 cm³/mol. The lowest BCUT2D eigenvalue weighted by molar-refractivity contribution is -0.385. The maximum absolute atomic E-state index is 12.5. The van der Waals surface area contributed by atoms with Gasteiger partial charge in [0.05, 0.1) is 4.92 Å². The van der Waals surface area contributed by atoms with Crippen molar-refractivity contribution in [3.05, 3.63) is 52.8 Å². The van der Waals surface area contributed by atoms with Gasteiger partial charge in [0.15, 0.2) is 0 Å². The number of para-hydroxylation sites is 1. The Kier molecular flexibility index (Phi) is 3.87. The Labute approximate surface area is 144 Å². The number of nitro groups is 1. The minimum Gasteiger partial charge on any atom is -0.371 e. The van der Waals surface area contributed by atoms with Gasteiger partial charge in [-0.15, -0.1) is 0 Å². The molecule has 0 spiro atoms. The number of anilines is 1. The Balaban J connectivity index is 1.34. The summed E-state index contributed by atoms with van der Waals surface area (Å²) in [6.07, 6.45) is 2.47. The average molecular weight is 341 g/mol. The van der Waals surface area contributed by atoms with E-state index in [0.717, 1.165) is 26.2 Å². The first-order valence-corrected chi connectivity index (χ1v) is 8.35. The van der Waals surface area contributed by atoms with Crippen molar-refractivity contribution in [2.24, 2.45) is 11.8 Å². The summed E-state index contributed by atoms with van der Waals surface area (Å²) in [7, 11) is 0. The highest BCUT2D eigenvalue weighted by atomic mass is 16.6. The smallest absolute Gasteiger partial charge is 0.307 e. The third-order valence-corrected chi connectivity index (χ3v) is 5.09. The van der Waals surface area contributed by atoms with E-state index in [-0.39, 0.29) is 18.1 Å². The Morgan fingerprint density at radius 2 is 1.84 bits per heavy atom. The maximum atomic E-state index is 12.5. The Morgan fingerprint density at radius 1 is 1.16 bits per heavy atom. The van der Waals surface area contributed by atoms with E-state index in [1.54, 1.807) is 0 Å². The van der Waals surface area contributed by atoms with E-state index >= 15 is 0 Å².